The van der Waals surface area contributed by atoms with E-state index in [0.717, 1.165) is 25.0 Å². The summed E-state index contributed by atoms with van der Waals surface area (Å²) in [7, 11) is 1.65. The zero-order chi connectivity index (χ0) is 21.1. The van der Waals surface area contributed by atoms with Gasteiger partial charge in [-0.1, -0.05) is 18.3 Å². The summed E-state index contributed by atoms with van der Waals surface area (Å²) in [6, 6.07) is 7.15. The Morgan fingerprint density at radius 2 is 2.10 bits per heavy atom. The first-order valence-electron chi connectivity index (χ1n) is 10.0. The lowest BCUT2D eigenvalue weighted by atomic mass is 9.67. The lowest BCUT2D eigenvalue weighted by Gasteiger charge is -2.40. The average molecular weight is 406 g/mol. The number of nitrogens with two attached hydrogens (primary N) is 1. The molecular weight excluding hydrogens is 384 g/mol. The second kappa shape index (κ2) is 6.34. The number of aliphatic hydroxyl groups is 1. The number of carbonyl (C=O) groups is 2. The first-order valence-corrected chi connectivity index (χ1v) is 10.0. The van der Waals surface area contributed by atoms with Crippen molar-refractivity contribution in [2.75, 3.05) is 20.2 Å². The number of likely N-dealkylation sites (tertiary alicyclic amines) is 1. The van der Waals surface area contributed by atoms with Crippen molar-refractivity contribution in [3.63, 3.8) is 0 Å². The quantitative estimate of drug-likeness (QED) is 0.679. The van der Waals surface area contributed by atoms with Gasteiger partial charge < -0.3 is 20.5 Å². The van der Waals surface area contributed by atoms with E-state index in [2.05, 4.69) is 16.9 Å². The van der Waals surface area contributed by atoms with Gasteiger partial charge >= 0.3 is 0 Å². The fourth-order valence-corrected chi connectivity index (χ4v) is 4.38. The van der Waals surface area contributed by atoms with Crippen LogP contribution in [0.2, 0.25) is 0 Å². The number of hydrogen-bond acceptors (Lipinski definition) is 5. The topological polar surface area (TPSA) is 111 Å². The maximum absolute atomic E-state index is 12.2. The van der Waals surface area contributed by atoms with Crippen LogP contribution < -0.4 is 10.5 Å². The van der Waals surface area contributed by atoms with Crippen molar-refractivity contribution in [1.82, 2.24) is 14.7 Å². The molecule has 8 heteroatoms. The molecule has 30 heavy (non-hydrogen) atoms. The highest BCUT2D eigenvalue weighted by Gasteiger charge is 2.45. The largest absolute Gasteiger partial charge is 0.490 e. The van der Waals surface area contributed by atoms with Gasteiger partial charge in [0.25, 0.3) is 11.8 Å². The molecule has 0 bridgehead atoms. The molecule has 1 saturated heterocycles. The lowest BCUT2D eigenvalue weighted by Crippen LogP contribution is -2.40. The number of amides is 2. The highest BCUT2D eigenvalue weighted by Crippen LogP contribution is 2.47. The molecule has 2 aliphatic heterocycles. The molecule has 1 atom stereocenters. The van der Waals surface area contributed by atoms with Gasteiger partial charge in [0.1, 0.15) is 11.4 Å². The fraction of sp³-hybridized carbons (Fsp3) is 0.409. The molecule has 1 saturated carbocycles. The number of likely N-dealkylation sites (N-methyl/N-ethyl adjacent to an activating group) is 1. The second-order valence-corrected chi connectivity index (χ2v) is 8.38. The second-order valence-electron chi connectivity index (χ2n) is 8.38. The van der Waals surface area contributed by atoms with Gasteiger partial charge in [0.15, 0.2) is 5.69 Å². The van der Waals surface area contributed by atoms with E-state index in [-0.39, 0.29) is 23.4 Å². The van der Waals surface area contributed by atoms with Gasteiger partial charge in [-0.25, -0.2) is 4.68 Å². The smallest absolute Gasteiger partial charge is 0.269 e. The van der Waals surface area contributed by atoms with Crippen molar-refractivity contribution in [2.45, 2.75) is 36.7 Å². The van der Waals surface area contributed by atoms with Crippen molar-refractivity contribution in [3.8, 4) is 23.3 Å². The highest BCUT2D eigenvalue weighted by atomic mass is 16.5. The van der Waals surface area contributed by atoms with Gasteiger partial charge in [0.05, 0.1) is 12.3 Å². The van der Waals surface area contributed by atoms with Crippen LogP contribution in [-0.2, 0) is 10.2 Å². The van der Waals surface area contributed by atoms with Crippen molar-refractivity contribution >= 4 is 11.8 Å². The minimum atomic E-state index is -1.66. The molecule has 2 amide bonds. The first-order chi connectivity index (χ1) is 14.3. The molecule has 2 fully saturated rings. The Morgan fingerprint density at radius 3 is 2.73 bits per heavy atom. The first kappa shape index (κ1) is 18.7. The highest BCUT2D eigenvalue weighted by molar-refractivity contribution is 5.91. The lowest BCUT2D eigenvalue weighted by molar-refractivity contribution is -0.137. The molecule has 1 spiro atoms. The number of benzene rings is 1. The van der Waals surface area contributed by atoms with Crippen molar-refractivity contribution in [2.24, 2.45) is 5.73 Å². The summed E-state index contributed by atoms with van der Waals surface area (Å²) in [6.07, 6.45) is 3.28. The molecule has 8 nitrogen and oxygen atoms in total. The van der Waals surface area contributed by atoms with E-state index in [1.807, 2.05) is 0 Å². The number of rotatable bonds is 1. The average Bonchev–Trinajstić information content (AvgIpc) is 3.21. The van der Waals surface area contributed by atoms with E-state index >= 15 is 0 Å². The summed E-state index contributed by atoms with van der Waals surface area (Å²) in [6.45, 7) is 0.978. The monoisotopic (exact) mass is 406 g/mol. The Hall–Kier alpha value is -3.31. The van der Waals surface area contributed by atoms with E-state index in [1.165, 1.54) is 4.90 Å². The number of ether oxygens (including phenoxy) is 1. The van der Waals surface area contributed by atoms with E-state index in [1.54, 1.807) is 36.0 Å². The van der Waals surface area contributed by atoms with Gasteiger partial charge in [0, 0.05) is 31.0 Å². The van der Waals surface area contributed by atoms with Crippen LogP contribution in [0.15, 0.2) is 24.3 Å². The Balaban J connectivity index is 1.58. The molecule has 1 aromatic heterocycles. The minimum Gasteiger partial charge on any atom is -0.490 e. The predicted octanol–water partition coefficient (Wildman–Crippen LogP) is 0.730. The molecule has 5 rings (SSSR count). The van der Waals surface area contributed by atoms with Gasteiger partial charge in [0.2, 0.25) is 5.60 Å². The predicted molar refractivity (Wildman–Crippen MR) is 107 cm³/mol. The normalized spacial score (nSPS) is 23.5. The maximum Gasteiger partial charge on any atom is 0.269 e. The Labute approximate surface area is 173 Å². The van der Waals surface area contributed by atoms with Crippen LogP contribution in [0.5, 0.6) is 5.75 Å². The third-order valence-electron chi connectivity index (χ3n) is 6.43. The summed E-state index contributed by atoms with van der Waals surface area (Å²) in [5.74, 6) is 5.33. The third kappa shape index (κ3) is 2.70. The molecule has 1 aliphatic carbocycles. The van der Waals surface area contributed by atoms with Gasteiger partial charge in [-0.3, -0.25) is 9.59 Å². The molecule has 2 aromatic rings. The summed E-state index contributed by atoms with van der Waals surface area (Å²) < 4.78 is 7.83. The van der Waals surface area contributed by atoms with Gasteiger partial charge in [-0.2, -0.15) is 5.10 Å². The summed E-state index contributed by atoms with van der Waals surface area (Å²) >= 11 is 0. The summed E-state index contributed by atoms with van der Waals surface area (Å²) in [4.78, 5) is 25.4. The number of aromatic nitrogens is 2. The summed E-state index contributed by atoms with van der Waals surface area (Å²) in [5.41, 5.74) is 6.05. The molecular formula is C22H22N4O4. The van der Waals surface area contributed by atoms with E-state index in [0.29, 0.717) is 30.2 Å². The number of primary amides is 1. The Morgan fingerprint density at radius 1 is 1.30 bits per heavy atom. The number of hydrogen-bond donors (Lipinski definition) is 2. The molecule has 3 aliphatic rings. The molecule has 3 heterocycles. The van der Waals surface area contributed by atoms with Crippen LogP contribution in [0.3, 0.4) is 0 Å². The number of nitrogens with zero attached hydrogens (tertiary/aromatic N) is 3. The van der Waals surface area contributed by atoms with E-state index < -0.39 is 11.5 Å². The van der Waals surface area contributed by atoms with Crippen LogP contribution in [0.4, 0.5) is 0 Å². The van der Waals surface area contributed by atoms with Crippen molar-refractivity contribution in [3.05, 3.63) is 41.2 Å². The van der Waals surface area contributed by atoms with Crippen LogP contribution >= 0.6 is 0 Å². The SMILES string of the molecule is CN1CCC(O)(C#Cc2ccc3c(c2)-n2nc(C(N)=O)cc2C2(CCC2)CO3)C1=O. The molecule has 154 valence electrons. The third-order valence-corrected chi connectivity index (χ3v) is 6.43. The van der Waals surface area contributed by atoms with Crippen LogP contribution in [0.25, 0.3) is 5.69 Å². The van der Waals surface area contributed by atoms with Crippen LogP contribution in [0.1, 0.15) is 47.4 Å². The van der Waals surface area contributed by atoms with Crippen molar-refractivity contribution < 1.29 is 19.4 Å². The molecule has 1 aromatic carbocycles. The van der Waals surface area contributed by atoms with Gasteiger partial charge in [-0.05, 0) is 37.1 Å². The molecule has 3 N–H and O–H groups in total. The van der Waals surface area contributed by atoms with Crippen LogP contribution in [0, 0.1) is 11.8 Å². The Bertz CT molecular complexity index is 1140. The van der Waals surface area contributed by atoms with Gasteiger partial charge in [-0.15, -0.1) is 0 Å². The summed E-state index contributed by atoms with van der Waals surface area (Å²) in [5, 5.41) is 15.0. The standard InChI is InChI=1S/C22H22N4O4/c1-25-10-9-22(29,20(25)28)8-5-14-3-4-17-16(11-14)26-18(12-15(24-26)19(23)27)21(13-30-17)6-2-7-21/h3-4,11-12,29H,2,6-7,9-10,13H2,1H3,(H2,23,27). The molecule has 0 radical (unpaired) electrons. The number of fused-ring (bicyclic) bond motifs is 4. The van der Waals surface area contributed by atoms with E-state index in [4.69, 9.17) is 10.5 Å². The number of carbonyl (C=O) groups excluding carboxylic acids is 2. The van der Waals surface area contributed by atoms with E-state index in [9.17, 15) is 14.7 Å². The molecule has 1 unspecified atom stereocenters. The van der Waals surface area contributed by atoms with Crippen LogP contribution in [-0.4, -0.2) is 57.4 Å². The minimum absolute atomic E-state index is 0.179. The van der Waals surface area contributed by atoms with Crippen molar-refractivity contribution in [1.29, 1.82) is 0 Å². The zero-order valence-corrected chi connectivity index (χ0v) is 16.6. The zero-order valence-electron chi connectivity index (χ0n) is 16.6. The maximum atomic E-state index is 12.2. The Kier molecular flexibility index (Phi) is 3.95. The fourth-order valence-electron chi connectivity index (χ4n) is 4.38.